The SMILES string of the molecule is CN=C(NCCn1cccc1)NCc1ccn(C2CCCC2)n1. The van der Waals surface area contributed by atoms with Gasteiger partial charge in [-0.2, -0.15) is 5.10 Å². The first kappa shape index (κ1) is 15.6. The zero-order chi connectivity index (χ0) is 15.9. The zero-order valence-corrected chi connectivity index (χ0v) is 13.8. The van der Waals surface area contributed by atoms with E-state index in [2.05, 4.69) is 54.6 Å². The third-order valence-electron chi connectivity index (χ3n) is 4.35. The molecule has 0 unspecified atom stereocenters. The summed E-state index contributed by atoms with van der Waals surface area (Å²) in [6.45, 7) is 2.46. The van der Waals surface area contributed by atoms with Crippen LogP contribution < -0.4 is 10.6 Å². The molecule has 2 heterocycles. The van der Waals surface area contributed by atoms with E-state index in [1.54, 1.807) is 7.05 Å². The van der Waals surface area contributed by atoms with Crippen LogP contribution in [0.2, 0.25) is 0 Å². The van der Waals surface area contributed by atoms with E-state index in [-0.39, 0.29) is 0 Å². The molecule has 0 saturated heterocycles. The molecule has 1 fully saturated rings. The first-order valence-electron chi connectivity index (χ1n) is 8.44. The number of aromatic nitrogens is 3. The molecule has 2 aromatic heterocycles. The third-order valence-corrected chi connectivity index (χ3v) is 4.35. The molecule has 124 valence electrons. The molecule has 1 saturated carbocycles. The van der Waals surface area contributed by atoms with E-state index >= 15 is 0 Å². The maximum absolute atomic E-state index is 4.69. The molecule has 0 bridgehead atoms. The lowest BCUT2D eigenvalue weighted by Gasteiger charge is -2.12. The number of hydrogen-bond donors (Lipinski definition) is 2. The van der Waals surface area contributed by atoms with Crippen LogP contribution in [-0.2, 0) is 13.1 Å². The fourth-order valence-electron chi connectivity index (χ4n) is 3.06. The summed E-state index contributed by atoms with van der Waals surface area (Å²) in [7, 11) is 1.79. The van der Waals surface area contributed by atoms with Crippen LogP contribution in [0.4, 0.5) is 0 Å². The van der Waals surface area contributed by atoms with Crippen LogP contribution >= 0.6 is 0 Å². The Kier molecular flexibility index (Phi) is 5.34. The molecule has 0 radical (unpaired) electrons. The van der Waals surface area contributed by atoms with Gasteiger partial charge in [-0.15, -0.1) is 0 Å². The topological polar surface area (TPSA) is 59.2 Å². The highest BCUT2D eigenvalue weighted by molar-refractivity contribution is 5.79. The number of rotatable bonds is 6. The number of guanidine groups is 1. The molecule has 1 aliphatic rings. The van der Waals surface area contributed by atoms with Crippen LogP contribution in [0.15, 0.2) is 41.8 Å². The van der Waals surface area contributed by atoms with Crippen molar-refractivity contribution in [1.82, 2.24) is 25.0 Å². The molecule has 0 aromatic carbocycles. The lowest BCUT2D eigenvalue weighted by atomic mass is 10.3. The highest BCUT2D eigenvalue weighted by Crippen LogP contribution is 2.28. The van der Waals surface area contributed by atoms with E-state index in [1.165, 1.54) is 25.7 Å². The minimum absolute atomic E-state index is 0.600. The van der Waals surface area contributed by atoms with Crippen molar-refractivity contribution in [3.63, 3.8) is 0 Å². The van der Waals surface area contributed by atoms with Crippen LogP contribution in [0.1, 0.15) is 37.4 Å². The van der Waals surface area contributed by atoms with Crippen molar-refractivity contribution in [3.05, 3.63) is 42.5 Å². The first-order chi connectivity index (χ1) is 11.3. The number of nitrogens with one attached hydrogen (secondary N) is 2. The van der Waals surface area contributed by atoms with E-state index in [1.807, 2.05) is 12.1 Å². The molecular formula is C17H26N6. The van der Waals surface area contributed by atoms with Crippen molar-refractivity contribution in [2.45, 2.75) is 44.8 Å². The second kappa shape index (κ2) is 7.85. The van der Waals surface area contributed by atoms with Crippen molar-refractivity contribution in [2.24, 2.45) is 4.99 Å². The minimum atomic E-state index is 0.600. The van der Waals surface area contributed by atoms with Crippen LogP contribution in [0.25, 0.3) is 0 Å². The molecule has 3 rings (SSSR count). The summed E-state index contributed by atoms with van der Waals surface area (Å²) in [6, 6.07) is 6.77. The summed E-state index contributed by atoms with van der Waals surface area (Å²) in [6.07, 6.45) is 11.4. The second-order valence-electron chi connectivity index (χ2n) is 6.00. The maximum atomic E-state index is 4.69. The van der Waals surface area contributed by atoms with Crippen LogP contribution in [0.3, 0.4) is 0 Å². The van der Waals surface area contributed by atoms with Crippen LogP contribution in [0, 0.1) is 0 Å². The lowest BCUT2D eigenvalue weighted by Crippen LogP contribution is -2.38. The molecule has 0 atom stereocenters. The Morgan fingerprint density at radius 3 is 2.74 bits per heavy atom. The molecule has 2 aromatic rings. The normalized spacial score (nSPS) is 16.0. The smallest absolute Gasteiger partial charge is 0.191 e. The Labute approximate surface area is 137 Å². The van der Waals surface area contributed by atoms with Crippen molar-refractivity contribution >= 4 is 5.96 Å². The van der Waals surface area contributed by atoms with Gasteiger partial charge in [0.1, 0.15) is 0 Å². The molecule has 6 nitrogen and oxygen atoms in total. The average Bonchev–Trinajstić information content (AvgIpc) is 3.32. The third kappa shape index (κ3) is 4.37. The summed E-state index contributed by atoms with van der Waals surface area (Å²) in [4.78, 5) is 4.26. The van der Waals surface area contributed by atoms with Gasteiger partial charge in [0.2, 0.25) is 0 Å². The van der Waals surface area contributed by atoms with Crippen molar-refractivity contribution in [3.8, 4) is 0 Å². The molecular weight excluding hydrogens is 288 g/mol. The van der Waals surface area contributed by atoms with Gasteiger partial charge >= 0.3 is 0 Å². The molecule has 23 heavy (non-hydrogen) atoms. The van der Waals surface area contributed by atoms with Gasteiger partial charge in [-0.05, 0) is 31.0 Å². The summed E-state index contributed by atoms with van der Waals surface area (Å²) < 4.78 is 4.27. The van der Waals surface area contributed by atoms with Gasteiger partial charge in [-0.3, -0.25) is 9.67 Å². The second-order valence-corrected chi connectivity index (χ2v) is 6.00. The van der Waals surface area contributed by atoms with Gasteiger partial charge < -0.3 is 15.2 Å². The lowest BCUT2D eigenvalue weighted by molar-refractivity contribution is 0.462. The first-order valence-corrected chi connectivity index (χ1v) is 8.44. The highest BCUT2D eigenvalue weighted by atomic mass is 15.3. The molecule has 0 spiro atoms. The Hall–Kier alpha value is -2.24. The van der Waals surface area contributed by atoms with E-state index in [0.29, 0.717) is 12.6 Å². The van der Waals surface area contributed by atoms with E-state index in [0.717, 1.165) is 24.7 Å². The summed E-state index contributed by atoms with van der Waals surface area (Å²) in [5.74, 6) is 0.813. The van der Waals surface area contributed by atoms with Crippen LogP contribution in [-0.4, -0.2) is 33.9 Å². The fraction of sp³-hybridized carbons (Fsp3) is 0.529. The highest BCUT2D eigenvalue weighted by Gasteiger charge is 2.17. The number of nitrogens with zero attached hydrogens (tertiary/aromatic N) is 4. The molecule has 1 aliphatic carbocycles. The van der Waals surface area contributed by atoms with Gasteiger partial charge in [-0.1, -0.05) is 12.8 Å². The predicted molar refractivity (Wildman–Crippen MR) is 92.4 cm³/mol. The maximum Gasteiger partial charge on any atom is 0.191 e. The van der Waals surface area contributed by atoms with E-state index < -0.39 is 0 Å². The largest absolute Gasteiger partial charge is 0.355 e. The fourth-order valence-corrected chi connectivity index (χ4v) is 3.06. The average molecular weight is 314 g/mol. The Morgan fingerprint density at radius 1 is 1.22 bits per heavy atom. The summed E-state index contributed by atoms with van der Waals surface area (Å²) in [5.41, 5.74) is 1.06. The van der Waals surface area contributed by atoms with Gasteiger partial charge in [0.15, 0.2) is 5.96 Å². The number of hydrogen-bond acceptors (Lipinski definition) is 2. The molecule has 2 N–H and O–H groups in total. The molecule has 0 aliphatic heterocycles. The van der Waals surface area contributed by atoms with Crippen molar-refractivity contribution in [1.29, 1.82) is 0 Å². The zero-order valence-electron chi connectivity index (χ0n) is 13.8. The standard InChI is InChI=1S/C17H26N6/c1-18-17(19-9-13-22-10-4-5-11-22)20-14-15-8-12-23(21-15)16-6-2-3-7-16/h4-5,8,10-12,16H,2-3,6-7,9,13-14H2,1H3,(H2,18,19,20). The monoisotopic (exact) mass is 314 g/mol. The van der Waals surface area contributed by atoms with Gasteiger partial charge in [-0.25, -0.2) is 0 Å². The number of aliphatic imine (C=N–C) groups is 1. The van der Waals surface area contributed by atoms with Crippen molar-refractivity contribution in [2.75, 3.05) is 13.6 Å². The molecule has 6 heteroatoms. The van der Waals surface area contributed by atoms with Crippen molar-refractivity contribution < 1.29 is 0 Å². The van der Waals surface area contributed by atoms with Crippen LogP contribution in [0.5, 0.6) is 0 Å². The van der Waals surface area contributed by atoms with Gasteiger partial charge in [0.25, 0.3) is 0 Å². The predicted octanol–water partition coefficient (Wildman–Crippen LogP) is 2.16. The summed E-state index contributed by atoms with van der Waals surface area (Å²) in [5, 5.41) is 11.3. The quantitative estimate of drug-likeness (QED) is 0.634. The van der Waals surface area contributed by atoms with E-state index in [9.17, 15) is 0 Å². The van der Waals surface area contributed by atoms with E-state index in [4.69, 9.17) is 0 Å². The Morgan fingerprint density at radius 2 is 2.00 bits per heavy atom. The Bertz CT molecular complexity index is 607. The molecule has 0 amide bonds. The van der Waals surface area contributed by atoms with Gasteiger partial charge in [0.05, 0.1) is 18.3 Å². The summed E-state index contributed by atoms with van der Waals surface area (Å²) >= 11 is 0. The Balaban J connectivity index is 1.42. The minimum Gasteiger partial charge on any atom is -0.355 e. The van der Waals surface area contributed by atoms with Gasteiger partial charge in [0, 0.05) is 38.7 Å².